The summed E-state index contributed by atoms with van der Waals surface area (Å²) < 4.78 is 18.3. The van der Waals surface area contributed by atoms with Crippen molar-refractivity contribution in [3.05, 3.63) is 45.5 Å². The molecule has 1 aliphatic heterocycles. The van der Waals surface area contributed by atoms with Gasteiger partial charge in [-0.3, -0.25) is 14.4 Å². The highest BCUT2D eigenvalue weighted by molar-refractivity contribution is 5.75. The highest BCUT2D eigenvalue weighted by Gasteiger charge is 2.65. The van der Waals surface area contributed by atoms with Gasteiger partial charge < -0.3 is 24.6 Å². The number of benzene rings is 1. The van der Waals surface area contributed by atoms with Crippen LogP contribution < -0.4 is 9.47 Å². The first kappa shape index (κ1) is 29.2. The standard InChI is InChI=1S/C28H36N2O11/c1-17-12-13-28-20-9-11-22(40-24(32)7-3-5-15-38-30(35)36)27(28)41-26-21(10-8-18(25(26)28)16-19(17)20)39-23(31)6-2-4-14-37-29(33)34/h8-11,17,19-20,22,27,33H,2-7,12-16H2,1H3,(H,35,36)/t17-,19+,20?,22+,27+,28+/m1/s1. The number of nitrogens with zero attached hydrogens (tertiary/aromatic N) is 2. The van der Waals surface area contributed by atoms with Crippen molar-refractivity contribution in [2.45, 2.75) is 82.3 Å². The zero-order chi connectivity index (χ0) is 29.1. The Labute approximate surface area is 236 Å². The van der Waals surface area contributed by atoms with Crippen molar-refractivity contribution in [2.75, 3.05) is 13.2 Å². The molecule has 4 aliphatic rings. The fourth-order valence-corrected chi connectivity index (χ4v) is 7.16. The van der Waals surface area contributed by atoms with E-state index in [0.29, 0.717) is 49.0 Å². The number of unbranched alkanes of at least 4 members (excludes halogenated alkanes) is 2. The van der Waals surface area contributed by atoms with E-state index in [0.717, 1.165) is 24.8 Å². The largest absolute Gasteiger partial charge is 0.738 e. The van der Waals surface area contributed by atoms with Crippen molar-refractivity contribution >= 4 is 11.9 Å². The smallest absolute Gasteiger partial charge is 0.475 e. The summed E-state index contributed by atoms with van der Waals surface area (Å²) in [6.07, 6.45) is 7.65. The molecular formula is C28H36N2O11. The van der Waals surface area contributed by atoms with Crippen LogP contribution >= 0.6 is 0 Å². The molecule has 0 radical (unpaired) electrons. The van der Waals surface area contributed by atoms with Gasteiger partial charge in [0.05, 0.1) is 6.61 Å². The summed E-state index contributed by atoms with van der Waals surface area (Å²) in [5, 5.41) is 26.2. The van der Waals surface area contributed by atoms with Crippen molar-refractivity contribution in [1.29, 1.82) is 0 Å². The van der Waals surface area contributed by atoms with E-state index in [2.05, 4.69) is 22.7 Å². The number of hydrogen-bond donors (Lipinski definition) is 2. The number of rotatable bonds is 14. The van der Waals surface area contributed by atoms with Crippen molar-refractivity contribution in [3.8, 4) is 11.5 Å². The minimum Gasteiger partial charge on any atom is -0.738 e. The zero-order valence-electron chi connectivity index (χ0n) is 22.9. The maximum Gasteiger partial charge on any atom is 0.475 e. The molecule has 1 aromatic carbocycles. The predicted octanol–water partition coefficient (Wildman–Crippen LogP) is 3.85. The number of ether oxygens (including phenoxy) is 3. The zero-order valence-corrected chi connectivity index (χ0v) is 22.9. The van der Waals surface area contributed by atoms with Crippen molar-refractivity contribution in [2.24, 2.45) is 17.8 Å². The van der Waals surface area contributed by atoms with Crippen molar-refractivity contribution in [3.63, 3.8) is 0 Å². The fourth-order valence-electron chi connectivity index (χ4n) is 7.16. The van der Waals surface area contributed by atoms with E-state index in [9.17, 15) is 19.7 Å². The number of allylic oxidation sites excluding steroid dienone is 1. The first-order chi connectivity index (χ1) is 19.7. The van der Waals surface area contributed by atoms with E-state index in [4.69, 9.17) is 24.6 Å². The molecule has 1 aromatic rings. The maximum absolute atomic E-state index is 12.8. The molecule has 1 unspecified atom stereocenters. The topological polar surface area (TPSA) is 167 Å². The van der Waals surface area contributed by atoms with Crippen LogP contribution in [0, 0.1) is 27.9 Å². The average Bonchev–Trinajstić information content (AvgIpc) is 3.27. The van der Waals surface area contributed by atoms with Gasteiger partial charge in [0.2, 0.25) is 0 Å². The Hall–Kier alpha value is -3.26. The first-order valence-corrected chi connectivity index (χ1v) is 14.2. The summed E-state index contributed by atoms with van der Waals surface area (Å²) in [6.45, 7) is 2.26. The highest BCUT2D eigenvalue weighted by Crippen LogP contribution is 2.65. The molecule has 0 saturated heterocycles. The van der Waals surface area contributed by atoms with Gasteiger partial charge in [-0.1, -0.05) is 19.1 Å². The Kier molecular flexibility index (Phi) is 8.78. The van der Waals surface area contributed by atoms with Crippen LogP contribution in [0.15, 0.2) is 24.3 Å². The fraction of sp³-hybridized carbons (Fsp3) is 0.643. The maximum atomic E-state index is 12.8. The average molecular weight is 577 g/mol. The quantitative estimate of drug-likeness (QED) is 0.108. The molecule has 2 bridgehead atoms. The van der Waals surface area contributed by atoms with E-state index >= 15 is 0 Å². The van der Waals surface area contributed by atoms with E-state index in [1.807, 2.05) is 12.1 Å². The van der Waals surface area contributed by atoms with Gasteiger partial charge in [-0.2, -0.15) is 4.84 Å². The molecule has 3 aliphatic carbocycles. The third-order valence-corrected chi connectivity index (χ3v) is 8.93. The Morgan fingerprint density at radius 2 is 1.90 bits per heavy atom. The number of carbonyl (C=O) groups excluding carboxylic acids is 2. The molecule has 1 fully saturated rings. The summed E-state index contributed by atoms with van der Waals surface area (Å²) in [6, 6.07) is 3.79. The molecule has 1 heterocycles. The lowest BCUT2D eigenvalue weighted by atomic mass is 9.48. The molecule has 0 amide bonds. The third kappa shape index (κ3) is 5.89. The lowest BCUT2D eigenvalue weighted by molar-refractivity contribution is -0.975. The molecule has 2 N–H and O–H groups in total. The summed E-state index contributed by atoms with van der Waals surface area (Å²) in [5.74, 6) is 1.19. The Morgan fingerprint density at radius 3 is 2.66 bits per heavy atom. The van der Waals surface area contributed by atoms with Crippen LogP contribution in [0.25, 0.3) is 0 Å². The van der Waals surface area contributed by atoms with Gasteiger partial charge >= 0.3 is 17.0 Å². The van der Waals surface area contributed by atoms with Gasteiger partial charge in [0.1, 0.15) is 11.0 Å². The summed E-state index contributed by atoms with van der Waals surface area (Å²) in [7, 11) is 0. The SMILES string of the molecule is C[C@@H]1CC[C@]23c4c5ccc(OC(=O)CCCCON([O-])O)c4O[C@H]2[C@@H](OC(=O)CCCCO[N+](=O)O)C=CC3[C@H]1C5. The second-order valence-corrected chi connectivity index (χ2v) is 11.3. The predicted molar refractivity (Wildman–Crippen MR) is 138 cm³/mol. The molecule has 0 aromatic heterocycles. The van der Waals surface area contributed by atoms with Crippen LogP contribution in [0.3, 0.4) is 0 Å². The van der Waals surface area contributed by atoms with E-state index < -0.39 is 34.6 Å². The summed E-state index contributed by atoms with van der Waals surface area (Å²) in [5.41, 5.74) is 1.84. The monoisotopic (exact) mass is 576 g/mol. The minimum atomic E-state index is -0.618. The molecule has 5 rings (SSSR count). The summed E-state index contributed by atoms with van der Waals surface area (Å²) in [4.78, 5) is 44.7. The molecule has 1 spiro atoms. The van der Waals surface area contributed by atoms with Crippen LogP contribution in [0.2, 0.25) is 0 Å². The Balaban J connectivity index is 1.31. The molecule has 13 nitrogen and oxygen atoms in total. The molecule has 6 atom stereocenters. The van der Waals surface area contributed by atoms with Gasteiger partial charge in [0.15, 0.2) is 24.2 Å². The van der Waals surface area contributed by atoms with Crippen LogP contribution in [-0.4, -0.2) is 58.3 Å². The normalized spacial score (nSPS) is 28.5. The van der Waals surface area contributed by atoms with Crippen molar-refractivity contribution in [1.82, 2.24) is 5.39 Å². The number of hydrogen-bond acceptors (Lipinski definition) is 11. The molecule has 41 heavy (non-hydrogen) atoms. The van der Waals surface area contributed by atoms with E-state index in [-0.39, 0.29) is 37.4 Å². The lowest BCUT2D eigenvalue weighted by Crippen LogP contribution is -2.60. The second-order valence-electron chi connectivity index (χ2n) is 11.3. The number of esters is 2. The van der Waals surface area contributed by atoms with Crippen LogP contribution in [0.4, 0.5) is 0 Å². The van der Waals surface area contributed by atoms with Gasteiger partial charge in [-0.25, -0.2) is 5.21 Å². The summed E-state index contributed by atoms with van der Waals surface area (Å²) >= 11 is 0. The highest BCUT2D eigenvalue weighted by atomic mass is 17.1. The van der Waals surface area contributed by atoms with Gasteiger partial charge in [0, 0.05) is 23.8 Å². The van der Waals surface area contributed by atoms with Crippen LogP contribution in [-0.2, 0) is 35.8 Å². The van der Waals surface area contributed by atoms with Crippen LogP contribution in [0.5, 0.6) is 11.5 Å². The van der Waals surface area contributed by atoms with Crippen LogP contribution in [0.1, 0.15) is 69.4 Å². The molecular weight excluding hydrogens is 540 g/mol. The van der Waals surface area contributed by atoms with E-state index in [1.54, 1.807) is 6.07 Å². The Bertz CT molecular complexity index is 1190. The second kappa shape index (κ2) is 12.3. The molecule has 224 valence electrons. The minimum absolute atomic E-state index is 0.0124. The van der Waals surface area contributed by atoms with Crippen molar-refractivity contribution < 1.29 is 49.0 Å². The molecule has 13 heteroatoms. The third-order valence-electron chi connectivity index (χ3n) is 8.93. The molecule has 1 saturated carbocycles. The first-order valence-electron chi connectivity index (χ1n) is 14.2. The Morgan fingerprint density at radius 1 is 1.15 bits per heavy atom. The lowest BCUT2D eigenvalue weighted by Gasteiger charge is -2.55. The number of carbonyl (C=O) groups is 2. The van der Waals surface area contributed by atoms with E-state index in [1.165, 1.54) is 5.56 Å². The van der Waals surface area contributed by atoms with Gasteiger partial charge in [-0.05, 0) is 80.4 Å². The van der Waals surface area contributed by atoms with Gasteiger partial charge in [-0.15, -0.1) is 5.39 Å². The van der Waals surface area contributed by atoms with Gasteiger partial charge in [0.25, 0.3) is 0 Å².